The number of alkyl halides is 3. The molecule has 0 bridgehead atoms. The first-order valence-electron chi connectivity index (χ1n) is 7.69. The Hall–Kier alpha value is -1.59. The molecule has 0 spiro atoms. The highest BCUT2D eigenvalue weighted by Crippen LogP contribution is 2.33. The largest absolute Gasteiger partial charge is 0.433 e. The van der Waals surface area contributed by atoms with E-state index in [4.69, 9.17) is 5.73 Å². The van der Waals surface area contributed by atoms with Gasteiger partial charge < -0.3 is 5.73 Å². The van der Waals surface area contributed by atoms with Gasteiger partial charge in [-0.15, -0.1) is 0 Å². The average Bonchev–Trinajstić information content (AvgIpc) is 2.46. The van der Waals surface area contributed by atoms with Gasteiger partial charge in [-0.1, -0.05) is 45.6 Å². The van der Waals surface area contributed by atoms with Crippen LogP contribution in [-0.4, -0.2) is 10.9 Å². The lowest BCUT2D eigenvalue weighted by Crippen LogP contribution is -2.21. The molecule has 6 heteroatoms. The maximum Gasteiger partial charge on any atom is 0.433 e. The Morgan fingerprint density at radius 2 is 1.73 bits per heavy atom. The van der Waals surface area contributed by atoms with Crippen LogP contribution in [0.25, 0.3) is 0 Å². The first-order chi connectivity index (χ1) is 10.3. The van der Waals surface area contributed by atoms with Crippen molar-refractivity contribution < 1.29 is 18.0 Å². The van der Waals surface area contributed by atoms with Gasteiger partial charge in [0.25, 0.3) is 5.91 Å². The SMILES string of the molecule is CCCCC(CCCC)c1ccc(C(F)(F)F)nc1C(N)=O. The molecule has 0 aliphatic carbocycles. The Morgan fingerprint density at radius 1 is 1.18 bits per heavy atom. The van der Waals surface area contributed by atoms with Gasteiger partial charge >= 0.3 is 6.18 Å². The van der Waals surface area contributed by atoms with Gasteiger partial charge in [0.1, 0.15) is 11.4 Å². The Bertz CT molecular complexity index is 493. The van der Waals surface area contributed by atoms with Gasteiger partial charge in [0.05, 0.1) is 0 Å². The lowest BCUT2D eigenvalue weighted by Gasteiger charge is -2.20. The van der Waals surface area contributed by atoms with Gasteiger partial charge in [0, 0.05) is 0 Å². The van der Waals surface area contributed by atoms with Gasteiger partial charge in [-0.25, -0.2) is 4.98 Å². The smallest absolute Gasteiger partial charge is 0.364 e. The van der Waals surface area contributed by atoms with E-state index in [0.717, 1.165) is 44.6 Å². The molecule has 1 amide bonds. The summed E-state index contributed by atoms with van der Waals surface area (Å²) in [6.07, 6.45) is 0.950. The number of primary amides is 1. The topological polar surface area (TPSA) is 56.0 Å². The minimum absolute atomic E-state index is 0.0252. The summed E-state index contributed by atoms with van der Waals surface area (Å²) in [7, 11) is 0. The summed E-state index contributed by atoms with van der Waals surface area (Å²) in [6, 6.07) is 2.30. The molecule has 0 atom stereocenters. The van der Waals surface area contributed by atoms with Crippen LogP contribution in [0.1, 0.15) is 80.0 Å². The lowest BCUT2D eigenvalue weighted by atomic mass is 9.87. The summed E-state index contributed by atoms with van der Waals surface area (Å²) in [5.41, 5.74) is 4.48. The molecule has 1 rings (SSSR count). The predicted octanol–water partition coefficient (Wildman–Crippen LogP) is 4.66. The zero-order valence-corrected chi connectivity index (χ0v) is 13.0. The molecule has 1 heterocycles. The number of carbonyl (C=O) groups excluding carboxylic acids is 1. The number of pyridine rings is 1. The van der Waals surface area contributed by atoms with Crippen molar-refractivity contribution in [1.29, 1.82) is 0 Å². The summed E-state index contributed by atoms with van der Waals surface area (Å²) in [4.78, 5) is 15.0. The molecular weight excluding hydrogens is 293 g/mol. The van der Waals surface area contributed by atoms with E-state index in [2.05, 4.69) is 18.8 Å². The summed E-state index contributed by atoms with van der Waals surface area (Å²) >= 11 is 0. The molecule has 0 aromatic carbocycles. The highest BCUT2D eigenvalue weighted by molar-refractivity contribution is 5.92. The fourth-order valence-electron chi connectivity index (χ4n) is 2.51. The van der Waals surface area contributed by atoms with Crippen LogP contribution in [0.4, 0.5) is 13.2 Å². The van der Waals surface area contributed by atoms with Gasteiger partial charge in [-0.05, 0) is 30.4 Å². The van der Waals surface area contributed by atoms with Crippen LogP contribution in [0, 0.1) is 0 Å². The highest BCUT2D eigenvalue weighted by Gasteiger charge is 2.34. The maximum atomic E-state index is 12.8. The molecular formula is C16H23F3N2O. The average molecular weight is 316 g/mol. The van der Waals surface area contributed by atoms with Crippen LogP contribution in [0.3, 0.4) is 0 Å². The van der Waals surface area contributed by atoms with Crippen LogP contribution in [0.2, 0.25) is 0 Å². The monoisotopic (exact) mass is 316 g/mol. The number of carbonyl (C=O) groups is 1. The van der Waals surface area contributed by atoms with Crippen LogP contribution in [0.15, 0.2) is 12.1 Å². The molecule has 3 nitrogen and oxygen atoms in total. The minimum atomic E-state index is -4.58. The summed E-state index contributed by atoms with van der Waals surface area (Å²) in [5, 5.41) is 0. The van der Waals surface area contributed by atoms with E-state index >= 15 is 0 Å². The Balaban J connectivity index is 3.20. The van der Waals surface area contributed by atoms with Crippen molar-refractivity contribution in [2.24, 2.45) is 5.73 Å². The Labute approximate surface area is 129 Å². The van der Waals surface area contributed by atoms with Gasteiger partial charge in [0.15, 0.2) is 0 Å². The fourth-order valence-corrected chi connectivity index (χ4v) is 2.51. The van der Waals surface area contributed by atoms with E-state index in [1.54, 1.807) is 0 Å². The summed E-state index contributed by atoms with van der Waals surface area (Å²) < 4.78 is 38.3. The zero-order chi connectivity index (χ0) is 16.8. The predicted molar refractivity (Wildman–Crippen MR) is 79.5 cm³/mol. The molecule has 0 aliphatic rings. The fraction of sp³-hybridized carbons (Fsp3) is 0.625. The second kappa shape index (κ2) is 8.15. The molecule has 0 fully saturated rings. The van der Waals surface area contributed by atoms with Gasteiger partial charge in [-0.3, -0.25) is 4.79 Å². The van der Waals surface area contributed by atoms with E-state index in [1.807, 2.05) is 0 Å². The van der Waals surface area contributed by atoms with E-state index < -0.39 is 17.8 Å². The maximum absolute atomic E-state index is 12.8. The molecule has 2 N–H and O–H groups in total. The first kappa shape index (κ1) is 18.5. The van der Waals surface area contributed by atoms with Crippen molar-refractivity contribution in [3.8, 4) is 0 Å². The van der Waals surface area contributed by atoms with Crippen LogP contribution >= 0.6 is 0 Å². The molecule has 0 radical (unpaired) electrons. The third kappa shape index (κ3) is 5.00. The van der Waals surface area contributed by atoms with E-state index in [0.29, 0.717) is 5.56 Å². The number of amides is 1. The van der Waals surface area contributed by atoms with Crippen molar-refractivity contribution in [3.63, 3.8) is 0 Å². The van der Waals surface area contributed by atoms with Crippen molar-refractivity contribution in [1.82, 2.24) is 4.98 Å². The zero-order valence-electron chi connectivity index (χ0n) is 13.0. The molecule has 0 aliphatic heterocycles. The van der Waals surface area contributed by atoms with Crippen molar-refractivity contribution in [2.45, 2.75) is 64.5 Å². The first-order valence-corrected chi connectivity index (χ1v) is 7.69. The van der Waals surface area contributed by atoms with Gasteiger partial charge in [0.2, 0.25) is 0 Å². The summed E-state index contributed by atoms with van der Waals surface area (Å²) in [6.45, 7) is 4.10. The van der Waals surface area contributed by atoms with Crippen molar-refractivity contribution in [3.05, 3.63) is 29.1 Å². The third-order valence-electron chi connectivity index (χ3n) is 3.70. The summed E-state index contributed by atoms with van der Waals surface area (Å²) in [5.74, 6) is -0.878. The number of nitrogens with zero attached hydrogens (tertiary/aromatic N) is 1. The van der Waals surface area contributed by atoms with Gasteiger partial charge in [-0.2, -0.15) is 13.2 Å². The number of halogens is 3. The normalized spacial score (nSPS) is 11.9. The van der Waals surface area contributed by atoms with E-state index in [-0.39, 0.29) is 11.6 Å². The standard InChI is InChI=1S/C16H23F3N2O/c1-3-5-7-11(8-6-4-2)12-9-10-13(16(17,18)19)21-14(12)15(20)22/h9-11H,3-8H2,1-2H3,(H2,20,22). The molecule has 124 valence electrons. The number of hydrogen-bond acceptors (Lipinski definition) is 2. The third-order valence-corrected chi connectivity index (χ3v) is 3.70. The second-order valence-corrected chi connectivity index (χ2v) is 5.48. The molecule has 0 saturated heterocycles. The van der Waals surface area contributed by atoms with Crippen LogP contribution < -0.4 is 5.73 Å². The quantitative estimate of drug-likeness (QED) is 0.758. The molecule has 0 unspecified atom stereocenters. The Kier molecular flexibility index (Phi) is 6.84. The number of aromatic nitrogens is 1. The van der Waals surface area contributed by atoms with Crippen molar-refractivity contribution >= 4 is 5.91 Å². The minimum Gasteiger partial charge on any atom is -0.364 e. The molecule has 0 saturated carbocycles. The number of hydrogen-bond donors (Lipinski definition) is 1. The van der Waals surface area contributed by atoms with E-state index in [9.17, 15) is 18.0 Å². The lowest BCUT2D eigenvalue weighted by molar-refractivity contribution is -0.141. The van der Waals surface area contributed by atoms with Crippen molar-refractivity contribution in [2.75, 3.05) is 0 Å². The number of nitrogens with two attached hydrogens (primary N) is 1. The molecule has 1 aromatic rings. The number of rotatable bonds is 8. The number of unbranched alkanes of at least 4 members (excludes halogenated alkanes) is 2. The second-order valence-electron chi connectivity index (χ2n) is 5.48. The Morgan fingerprint density at radius 3 is 2.14 bits per heavy atom. The van der Waals surface area contributed by atoms with Crippen LogP contribution in [0.5, 0.6) is 0 Å². The van der Waals surface area contributed by atoms with E-state index in [1.165, 1.54) is 6.07 Å². The molecule has 1 aromatic heterocycles. The molecule has 22 heavy (non-hydrogen) atoms. The van der Waals surface area contributed by atoms with Crippen LogP contribution in [-0.2, 0) is 6.18 Å². The highest BCUT2D eigenvalue weighted by atomic mass is 19.4.